The third-order valence-electron chi connectivity index (χ3n) is 4.25. The Morgan fingerprint density at radius 3 is 2.54 bits per heavy atom. The minimum absolute atomic E-state index is 0.0907. The van der Waals surface area contributed by atoms with Gasteiger partial charge in [0, 0.05) is 36.3 Å². The first kappa shape index (κ1) is 16.0. The lowest BCUT2D eigenvalue weighted by atomic mass is 10.1. The molecule has 4 rings (SSSR count). The molecule has 0 radical (unpaired) electrons. The summed E-state index contributed by atoms with van der Waals surface area (Å²) in [7, 11) is 0. The van der Waals surface area contributed by atoms with Gasteiger partial charge >= 0.3 is 0 Å². The fourth-order valence-corrected chi connectivity index (χ4v) is 2.83. The molecule has 4 nitrogen and oxygen atoms in total. The summed E-state index contributed by atoms with van der Waals surface area (Å²) in [6.45, 7) is 0.436. The van der Waals surface area contributed by atoms with Crippen molar-refractivity contribution in [3.8, 4) is 11.3 Å². The van der Waals surface area contributed by atoms with Crippen molar-refractivity contribution in [3.63, 3.8) is 0 Å². The van der Waals surface area contributed by atoms with E-state index in [9.17, 15) is 4.79 Å². The van der Waals surface area contributed by atoms with Crippen LogP contribution < -0.4 is 5.32 Å². The van der Waals surface area contributed by atoms with Crippen molar-refractivity contribution in [2.45, 2.75) is 6.54 Å². The highest BCUT2D eigenvalue weighted by Gasteiger charge is 2.07. The van der Waals surface area contributed by atoms with Crippen molar-refractivity contribution in [3.05, 3.63) is 96.4 Å². The highest BCUT2D eigenvalue weighted by molar-refractivity contribution is 5.98. The first-order chi connectivity index (χ1) is 12.8. The molecular formula is C22H17N3O. The predicted molar refractivity (Wildman–Crippen MR) is 103 cm³/mol. The molecule has 1 amide bonds. The van der Waals surface area contributed by atoms with Crippen LogP contribution in [0.3, 0.4) is 0 Å². The summed E-state index contributed by atoms with van der Waals surface area (Å²) in [6.07, 6.45) is 5.30. The number of fused-ring (bicyclic) bond motifs is 1. The summed E-state index contributed by atoms with van der Waals surface area (Å²) in [5.74, 6) is -0.0907. The second kappa shape index (κ2) is 7.15. The zero-order chi connectivity index (χ0) is 17.8. The molecule has 26 heavy (non-hydrogen) atoms. The molecule has 2 aromatic heterocycles. The normalized spacial score (nSPS) is 10.6. The quantitative estimate of drug-likeness (QED) is 0.605. The second-order valence-corrected chi connectivity index (χ2v) is 6.04. The topological polar surface area (TPSA) is 54.9 Å². The first-order valence-corrected chi connectivity index (χ1v) is 8.42. The van der Waals surface area contributed by atoms with E-state index >= 15 is 0 Å². The largest absolute Gasteiger partial charge is 0.348 e. The Hall–Kier alpha value is -3.53. The maximum atomic E-state index is 12.4. The van der Waals surface area contributed by atoms with E-state index < -0.39 is 0 Å². The predicted octanol–water partition coefficient (Wildman–Crippen LogP) is 4.23. The van der Waals surface area contributed by atoms with E-state index in [1.54, 1.807) is 18.6 Å². The first-order valence-electron chi connectivity index (χ1n) is 8.42. The maximum Gasteiger partial charge on any atom is 0.251 e. The highest BCUT2D eigenvalue weighted by atomic mass is 16.1. The van der Waals surface area contributed by atoms with Crippen molar-refractivity contribution in [1.29, 1.82) is 0 Å². The molecule has 126 valence electrons. The van der Waals surface area contributed by atoms with Crippen molar-refractivity contribution in [1.82, 2.24) is 15.3 Å². The molecule has 0 saturated heterocycles. The molecule has 2 heterocycles. The Kier molecular flexibility index (Phi) is 4.39. The number of hydrogen-bond donors (Lipinski definition) is 1. The Morgan fingerprint density at radius 1 is 0.885 bits per heavy atom. The van der Waals surface area contributed by atoms with Gasteiger partial charge in [-0.15, -0.1) is 0 Å². The SMILES string of the molecule is O=C(NCc1ccc(-c2cccnc2)nc1)c1ccc2ccccc2c1. The Labute approximate surface area is 151 Å². The molecule has 0 unspecified atom stereocenters. The van der Waals surface area contributed by atoms with Crippen molar-refractivity contribution in [2.75, 3.05) is 0 Å². The van der Waals surface area contributed by atoms with Crippen LogP contribution >= 0.6 is 0 Å². The smallest absolute Gasteiger partial charge is 0.251 e. The van der Waals surface area contributed by atoms with Gasteiger partial charge in [-0.2, -0.15) is 0 Å². The van der Waals surface area contributed by atoms with E-state index in [0.29, 0.717) is 12.1 Å². The van der Waals surface area contributed by atoms with Gasteiger partial charge in [0.25, 0.3) is 5.91 Å². The summed E-state index contributed by atoms with van der Waals surface area (Å²) in [4.78, 5) is 21.0. The number of hydrogen-bond acceptors (Lipinski definition) is 3. The van der Waals surface area contributed by atoms with E-state index in [0.717, 1.165) is 27.6 Å². The molecule has 0 fully saturated rings. The van der Waals surface area contributed by atoms with Gasteiger partial charge in [-0.3, -0.25) is 14.8 Å². The van der Waals surface area contributed by atoms with Crippen molar-refractivity contribution in [2.24, 2.45) is 0 Å². The molecule has 4 aromatic rings. The Morgan fingerprint density at radius 2 is 1.77 bits per heavy atom. The van der Waals surface area contributed by atoms with Gasteiger partial charge in [0.2, 0.25) is 0 Å². The van der Waals surface area contributed by atoms with Gasteiger partial charge in [-0.1, -0.05) is 36.4 Å². The van der Waals surface area contributed by atoms with Crippen LogP contribution in [0.5, 0.6) is 0 Å². The summed E-state index contributed by atoms with van der Waals surface area (Å²) >= 11 is 0. The highest BCUT2D eigenvalue weighted by Crippen LogP contribution is 2.17. The molecule has 0 aliphatic heterocycles. The van der Waals surface area contributed by atoms with E-state index in [-0.39, 0.29) is 5.91 Å². The second-order valence-electron chi connectivity index (χ2n) is 6.04. The molecule has 0 bridgehead atoms. The van der Waals surface area contributed by atoms with Crippen LogP contribution in [-0.2, 0) is 6.54 Å². The summed E-state index contributed by atoms with van der Waals surface area (Å²) < 4.78 is 0. The molecular weight excluding hydrogens is 322 g/mol. The van der Waals surface area contributed by atoms with Gasteiger partial charge in [0.05, 0.1) is 5.69 Å². The van der Waals surface area contributed by atoms with E-state index in [1.165, 1.54) is 0 Å². The standard InChI is InChI=1S/C22H17N3O/c26-22(19-9-8-17-4-1-2-5-18(17)12-19)25-14-16-7-10-21(24-13-16)20-6-3-11-23-15-20/h1-13,15H,14H2,(H,25,26). The molecule has 0 aliphatic carbocycles. The number of amides is 1. The third kappa shape index (κ3) is 3.44. The van der Waals surface area contributed by atoms with Crippen molar-refractivity contribution < 1.29 is 4.79 Å². The van der Waals surface area contributed by atoms with Crippen LogP contribution in [0.4, 0.5) is 0 Å². The maximum absolute atomic E-state index is 12.4. The van der Waals surface area contributed by atoms with Crippen LogP contribution in [0.15, 0.2) is 85.3 Å². The molecule has 1 N–H and O–H groups in total. The van der Waals surface area contributed by atoms with Crippen LogP contribution in [0.2, 0.25) is 0 Å². The van der Waals surface area contributed by atoms with Gasteiger partial charge in [0.1, 0.15) is 0 Å². The minimum Gasteiger partial charge on any atom is -0.348 e. The fourth-order valence-electron chi connectivity index (χ4n) is 2.83. The molecule has 0 aliphatic rings. The van der Waals surface area contributed by atoms with Gasteiger partial charge in [0.15, 0.2) is 0 Å². The number of aromatic nitrogens is 2. The molecule has 0 atom stereocenters. The molecule has 0 spiro atoms. The fraction of sp³-hybridized carbons (Fsp3) is 0.0455. The lowest BCUT2D eigenvalue weighted by molar-refractivity contribution is 0.0951. The molecule has 4 heteroatoms. The number of carbonyl (C=O) groups excluding carboxylic acids is 1. The number of benzene rings is 2. The summed E-state index contributed by atoms with van der Waals surface area (Å²) in [5, 5.41) is 5.13. The van der Waals surface area contributed by atoms with Gasteiger partial charge in [-0.05, 0) is 46.7 Å². The number of pyridine rings is 2. The van der Waals surface area contributed by atoms with Crippen LogP contribution in [-0.4, -0.2) is 15.9 Å². The van der Waals surface area contributed by atoms with Crippen LogP contribution in [0, 0.1) is 0 Å². The molecule has 0 saturated carbocycles. The zero-order valence-corrected chi connectivity index (χ0v) is 14.1. The number of carbonyl (C=O) groups is 1. The number of rotatable bonds is 4. The van der Waals surface area contributed by atoms with Gasteiger partial charge in [-0.25, -0.2) is 0 Å². The number of nitrogens with one attached hydrogen (secondary N) is 1. The van der Waals surface area contributed by atoms with Crippen LogP contribution in [0.25, 0.3) is 22.0 Å². The monoisotopic (exact) mass is 339 g/mol. The van der Waals surface area contributed by atoms with Crippen molar-refractivity contribution >= 4 is 16.7 Å². The minimum atomic E-state index is -0.0907. The van der Waals surface area contributed by atoms with E-state index in [4.69, 9.17) is 0 Å². The lowest BCUT2D eigenvalue weighted by Crippen LogP contribution is -2.22. The molecule has 2 aromatic carbocycles. The number of nitrogens with zero attached hydrogens (tertiary/aromatic N) is 2. The summed E-state index contributed by atoms with van der Waals surface area (Å²) in [6, 6.07) is 21.5. The Bertz CT molecular complexity index is 1040. The average molecular weight is 339 g/mol. The average Bonchev–Trinajstić information content (AvgIpc) is 2.72. The van der Waals surface area contributed by atoms with E-state index in [1.807, 2.05) is 66.7 Å². The third-order valence-corrected chi connectivity index (χ3v) is 4.25. The van der Waals surface area contributed by atoms with E-state index in [2.05, 4.69) is 15.3 Å². The Balaban J connectivity index is 1.43. The lowest BCUT2D eigenvalue weighted by Gasteiger charge is -2.07. The van der Waals surface area contributed by atoms with Crippen LogP contribution in [0.1, 0.15) is 15.9 Å². The zero-order valence-electron chi connectivity index (χ0n) is 14.1. The van der Waals surface area contributed by atoms with Gasteiger partial charge < -0.3 is 5.32 Å². The summed E-state index contributed by atoms with van der Waals surface area (Å²) in [5.41, 5.74) is 3.44.